The third kappa shape index (κ3) is 4.04. The first-order chi connectivity index (χ1) is 11.1. The standard InChI is InChI=1S/C15H13ClN4S3.ClH/c1-21-14-8(6-12(23-14)13(17)18)11-7-22-15(20-11)19-10-5-3-2-4-9(10)16;/h2-7H,1H3,(H3,17,18)(H,19,20);1H. The van der Waals surface area contributed by atoms with Crippen molar-refractivity contribution in [3.05, 3.63) is 45.6 Å². The summed E-state index contributed by atoms with van der Waals surface area (Å²) in [5.41, 5.74) is 8.30. The molecule has 0 aliphatic heterocycles. The van der Waals surface area contributed by atoms with Crippen LogP contribution in [0, 0.1) is 5.41 Å². The van der Waals surface area contributed by atoms with E-state index in [0.717, 1.165) is 31.2 Å². The zero-order valence-corrected chi connectivity index (χ0v) is 16.5. The molecule has 0 atom stereocenters. The van der Waals surface area contributed by atoms with Crippen molar-refractivity contribution < 1.29 is 0 Å². The Kier molecular flexibility index (Phi) is 6.54. The van der Waals surface area contributed by atoms with Crippen LogP contribution in [0.25, 0.3) is 11.3 Å². The first-order valence-electron chi connectivity index (χ1n) is 6.58. The number of anilines is 2. The second-order valence-electron chi connectivity index (χ2n) is 4.57. The van der Waals surface area contributed by atoms with Crippen molar-refractivity contribution in [1.82, 2.24) is 4.98 Å². The number of hydrogen-bond donors (Lipinski definition) is 3. The molecule has 0 aliphatic rings. The number of rotatable bonds is 5. The normalized spacial score (nSPS) is 10.2. The molecule has 0 aliphatic carbocycles. The first-order valence-corrected chi connectivity index (χ1v) is 9.88. The van der Waals surface area contributed by atoms with Gasteiger partial charge in [0.2, 0.25) is 0 Å². The molecule has 126 valence electrons. The molecule has 2 heterocycles. The molecule has 1 aromatic carbocycles. The Labute approximate surface area is 163 Å². The van der Waals surface area contributed by atoms with Crippen LogP contribution < -0.4 is 11.1 Å². The lowest BCUT2D eigenvalue weighted by Gasteiger charge is -2.04. The summed E-state index contributed by atoms with van der Waals surface area (Å²) in [5, 5.41) is 14.2. The average molecular weight is 417 g/mol. The van der Waals surface area contributed by atoms with Crippen LogP contribution in [0.5, 0.6) is 0 Å². The first kappa shape index (κ1) is 19.1. The summed E-state index contributed by atoms with van der Waals surface area (Å²) < 4.78 is 1.10. The summed E-state index contributed by atoms with van der Waals surface area (Å²) in [7, 11) is 0. The topological polar surface area (TPSA) is 74.8 Å². The number of thioether (sulfide) groups is 1. The summed E-state index contributed by atoms with van der Waals surface area (Å²) in [4.78, 5) is 5.39. The van der Waals surface area contributed by atoms with E-state index in [4.69, 9.17) is 22.7 Å². The molecule has 4 N–H and O–H groups in total. The highest BCUT2D eigenvalue weighted by molar-refractivity contribution is 8.00. The fraction of sp³-hybridized carbons (Fsp3) is 0.0667. The van der Waals surface area contributed by atoms with Gasteiger partial charge in [0.05, 0.1) is 25.5 Å². The molecule has 24 heavy (non-hydrogen) atoms. The molecule has 0 unspecified atom stereocenters. The SMILES string of the molecule is CSc1sc(C(=N)N)cc1-c1csc(Nc2ccccc2Cl)n1.Cl. The molecule has 2 aromatic heterocycles. The van der Waals surface area contributed by atoms with Gasteiger partial charge in [-0.1, -0.05) is 23.7 Å². The van der Waals surface area contributed by atoms with Crippen molar-refractivity contribution in [2.45, 2.75) is 4.21 Å². The number of thiazole rings is 1. The van der Waals surface area contributed by atoms with E-state index in [-0.39, 0.29) is 18.2 Å². The Balaban J connectivity index is 0.00000208. The molecule has 4 nitrogen and oxygen atoms in total. The van der Waals surface area contributed by atoms with Crippen molar-refractivity contribution in [3.8, 4) is 11.3 Å². The minimum Gasteiger partial charge on any atom is -0.383 e. The molecular weight excluding hydrogens is 403 g/mol. The predicted octanol–water partition coefficient (Wildman–Crippen LogP) is 5.70. The molecule has 3 rings (SSSR count). The van der Waals surface area contributed by atoms with E-state index < -0.39 is 0 Å². The van der Waals surface area contributed by atoms with E-state index in [9.17, 15) is 0 Å². The maximum Gasteiger partial charge on any atom is 0.187 e. The molecule has 0 bridgehead atoms. The molecule has 3 aromatic rings. The molecule has 9 heteroatoms. The lowest BCUT2D eigenvalue weighted by Crippen LogP contribution is -2.08. The van der Waals surface area contributed by atoms with Crippen molar-refractivity contribution in [2.75, 3.05) is 11.6 Å². The number of hydrogen-bond acceptors (Lipinski definition) is 6. The summed E-state index contributed by atoms with van der Waals surface area (Å²) in [6.45, 7) is 0. The van der Waals surface area contributed by atoms with Gasteiger partial charge >= 0.3 is 0 Å². The minimum atomic E-state index is 0. The number of nitrogens with zero attached hydrogens (tertiary/aromatic N) is 1. The number of amidine groups is 1. The number of nitrogens with one attached hydrogen (secondary N) is 2. The minimum absolute atomic E-state index is 0. The van der Waals surface area contributed by atoms with Crippen molar-refractivity contribution in [1.29, 1.82) is 5.41 Å². The highest BCUT2D eigenvalue weighted by atomic mass is 35.5. The van der Waals surface area contributed by atoms with Crippen molar-refractivity contribution >= 4 is 75.1 Å². The Morgan fingerprint density at radius 3 is 2.79 bits per heavy atom. The van der Waals surface area contributed by atoms with Gasteiger partial charge in [0.15, 0.2) is 5.13 Å². The van der Waals surface area contributed by atoms with Crippen LogP contribution in [0.3, 0.4) is 0 Å². The fourth-order valence-electron chi connectivity index (χ4n) is 1.97. The average Bonchev–Trinajstić information content (AvgIpc) is 3.15. The summed E-state index contributed by atoms with van der Waals surface area (Å²) >= 11 is 10.8. The van der Waals surface area contributed by atoms with Crippen LogP contribution in [0.4, 0.5) is 10.8 Å². The van der Waals surface area contributed by atoms with Crippen molar-refractivity contribution in [2.24, 2.45) is 5.73 Å². The van der Waals surface area contributed by atoms with Gasteiger partial charge in [-0.2, -0.15) is 0 Å². The fourth-order valence-corrected chi connectivity index (χ4v) is 4.62. The Morgan fingerprint density at radius 2 is 2.12 bits per heavy atom. The highest BCUT2D eigenvalue weighted by Gasteiger charge is 2.15. The largest absolute Gasteiger partial charge is 0.383 e. The molecule has 0 saturated heterocycles. The maximum atomic E-state index is 7.59. The van der Waals surface area contributed by atoms with Crippen LogP contribution >= 0.6 is 58.4 Å². The van der Waals surface area contributed by atoms with Crippen LogP contribution in [0.15, 0.2) is 39.9 Å². The van der Waals surface area contributed by atoms with Gasteiger partial charge in [0.25, 0.3) is 0 Å². The van der Waals surface area contributed by atoms with Crippen LogP contribution in [-0.2, 0) is 0 Å². The molecular formula is C15H14Cl2N4S3. The van der Waals surface area contributed by atoms with Gasteiger partial charge in [0, 0.05) is 10.9 Å². The van der Waals surface area contributed by atoms with Crippen molar-refractivity contribution in [3.63, 3.8) is 0 Å². The second kappa shape index (κ2) is 8.22. The van der Waals surface area contributed by atoms with Gasteiger partial charge in [-0.15, -0.1) is 46.8 Å². The predicted molar refractivity (Wildman–Crippen MR) is 110 cm³/mol. The quantitative estimate of drug-likeness (QED) is 0.283. The number of thiophene rings is 1. The highest BCUT2D eigenvalue weighted by Crippen LogP contribution is 2.39. The van der Waals surface area contributed by atoms with E-state index in [1.54, 1.807) is 11.8 Å². The number of benzene rings is 1. The Morgan fingerprint density at radius 1 is 1.38 bits per heavy atom. The molecule has 0 radical (unpaired) electrons. The number of aromatic nitrogens is 1. The maximum absolute atomic E-state index is 7.59. The van der Waals surface area contributed by atoms with E-state index in [0.29, 0.717) is 5.02 Å². The third-order valence-electron chi connectivity index (χ3n) is 3.04. The second-order valence-corrected chi connectivity index (χ2v) is 7.96. The number of para-hydroxylation sites is 1. The molecule has 0 fully saturated rings. The van der Waals surface area contributed by atoms with E-state index in [2.05, 4.69) is 10.3 Å². The van der Waals surface area contributed by atoms with Gasteiger partial charge in [-0.3, -0.25) is 5.41 Å². The zero-order valence-electron chi connectivity index (χ0n) is 12.5. The monoisotopic (exact) mass is 416 g/mol. The lowest BCUT2D eigenvalue weighted by atomic mass is 10.2. The summed E-state index contributed by atoms with van der Waals surface area (Å²) in [6.07, 6.45) is 2.01. The van der Waals surface area contributed by atoms with Gasteiger partial charge < -0.3 is 11.1 Å². The van der Waals surface area contributed by atoms with E-state index in [1.807, 2.05) is 42.0 Å². The summed E-state index contributed by atoms with van der Waals surface area (Å²) in [5.74, 6) is 0.0844. The van der Waals surface area contributed by atoms with Crippen LogP contribution in [-0.4, -0.2) is 17.1 Å². The van der Waals surface area contributed by atoms with E-state index >= 15 is 0 Å². The smallest absolute Gasteiger partial charge is 0.187 e. The van der Waals surface area contributed by atoms with Gasteiger partial charge in [-0.25, -0.2) is 4.98 Å². The Hall–Kier alpha value is -1.25. The lowest BCUT2D eigenvalue weighted by molar-refractivity contribution is 1.37. The zero-order chi connectivity index (χ0) is 16.4. The number of nitrogens with two attached hydrogens (primary N) is 1. The number of nitrogen functional groups attached to an aromatic ring is 1. The molecule has 0 saturated carbocycles. The Bertz CT molecular complexity index is 860. The third-order valence-corrected chi connectivity index (χ3v) is 6.44. The molecule has 0 amide bonds. The summed E-state index contributed by atoms with van der Waals surface area (Å²) in [6, 6.07) is 9.48. The van der Waals surface area contributed by atoms with Crippen LogP contribution in [0.1, 0.15) is 4.88 Å². The van der Waals surface area contributed by atoms with Crippen LogP contribution in [0.2, 0.25) is 5.02 Å². The number of halogens is 2. The van der Waals surface area contributed by atoms with E-state index in [1.165, 1.54) is 22.7 Å². The molecule has 0 spiro atoms. The van der Waals surface area contributed by atoms with Gasteiger partial charge in [0.1, 0.15) is 5.84 Å². The van der Waals surface area contributed by atoms with Gasteiger partial charge in [-0.05, 0) is 24.5 Å².